The highest BCUT2D eigenvalue weighted by Crippen LogP contribution is 2.26. The second kappa shape index (κ2) is 6.13. The molecule has 4 heteroatoms. The van der Waals surface area contributed by atoms with Gasteiger partial charge in [0, 0.05) is 25.2 Å². The highest BCUT2D eigenvalue weighted by molar-refractivity contribution is 5.91. The van der Waals surface area contributed by atoms with Gasteiger partial charge in [-0.05, 0) is 32.0 Å². The second-order valence-corrected chi connectivity index (χ2v) is 3.85. The summed E-state index contributed by atoms with van der Waals surface area (Å²) in [5.41, 5.74) is 8.47. The molecule has 0 bridgehead atoms. The largest absolute Gasteiger partial charge is 0.397 e. The first-order valence-corrected chi connectivity index (χ1v) is 6.06. The van der Waals surface area contributed by atoms with Crippen LogP contribution in [-0.2, 0) is 4.79 Å². The van der Waals surface area contributed by atoms with Crippen LogP contribution in [0.15, 0.2) is 18.2 Å². The van der Waals surface area contributed by atoms with E-state index in [-0.39, 0.29) is 5.91 Å². The van der Waals surface area contributed by atoms with Gasteiger partial charge in [-0.25, -0.2) is 0 Å². The van der Waals surface area contributed by atoms with Crippen LogP contribution in [-0.4, -0.2) is 19.0 Å². The molecule has 0 spiro atoms. The van der Waals surface area contributed by atoms with E-state index in [1.807, 2.05) is 19.1 Å². The SMILES string of the molecule is CCC(=O)Nc1ccc(N(CC)CC)c(N)c1. The van der Waals surface area contributed by atoms with Crippen LogP contribution in [0.1, 0.15) is 27.2 Å². The number of hydrogen-bond donors (Lipinski definition) is 2. The lowest BCUT2D eigenvalue weighted by Gasteiger charge is -2.23. The Morgan fingerprint density at radius 2 is 1.94 bits per heavy atom. The zero-order valence-corrected chi connectivity index (χ0v) is 10.8. The normalized spacial score (nSPS) is 10.1. The molecule has 0 saturated carbocycles. The predicted octanol–water partition coefficient (Wildman–Crippen LogP) is 2.46. The number of nitrogens with one attached hydrogen (secondary N) is 1. The molecular weight excluding hydrogens is 214 g/mol. The van der Waals surface area contributed by atoms with Crippen molar-refractivity contribution in [1.29, 1.82) is 0 Å². The first-order chi connectivity index (χ1) is 8.12. The summed E-state index contributed by atoms with van der Waals surface area (Å²) in [6.45, 7) is 7.84. The van der Waals surface area contributed by atoms with Gasteiger partial charge in [0.15, 0.2) is 0 Å². The lowest BCUT2D eigenvalue weighted by Crippen LogP contribution is -2.23. The van der Waals surface area contributed by atoms with E-state index < -0.39 is 0 Å². The van der Waals surface area contributed by atoms with E-state index in [1.165, 1.54) is 0 Å². The molecule has 94 valence electrons. The maximum atomic E-state index is 11.3. The lowest BCUT2D eigenvalue weighted by atomic mass is 10.2. The van der Waals surface area contributed by atoms with Crippen molar-refractivity contribution in [3.05, 3.63) is 18.2 Å². The first kappa shape index (κ1) is 13.4. The third kappa shape index (κ3) is 3.37. The molecule has 0 aliphatic heterocycles. The number of rotatable bonds is 5. The summed E-state index contributed by atoms with van der Waals surface area (Å²) in [5, 5.41) is 2.80. The molecule has 0 aliphatic carbocycles. The molecule has 0 aromatic heterocycles. The Balaban J connectivity index is 2.89. The fraction of sp³-hybridized carbons (Fsp3) is 0.462. The third-order valence-electron chi connectivity index (χ3n) is 2.74. The summed E-state index contributed by atoms with van der Waals surface area (Å²) in [4.78, 5) is 13.4. The van der Waals surface area contributed by atoms with E-state index in [0.29, 0.717) is 12.1 Å². The van der Waals surface area contributed by atoms with E-state index in [9.17, 15) is 4.79 Å². The van der Waals surface area contributed by atoms with Crippen molar-refractivity contribution >= 4 is 23.0 Å². The topological polar surface area (TPSA) is 58.4 Å². The fourth-order valence-corrected chi connectivity index (χ4v) is 1.73. The maximum Gasteiger partial charge on any atom is 0.224 e. The Morgan fingerprint density at radius 1 is 1.29 bits per heavy atom. The van der Waals surface area contributed by atoms with E-state index in [1.54, 1.807) is 6.07 Å². The van der Waals surface area contributed by atoms with Crippen LogP contribution >= 0.6 is 0 Å². The van der Waals surface area contributed by atoms with Crippen molar-refractivity contribution in [2.45, 2.75) is 27.2 Å². The molecule has 0 fully saturated rings. The van der Waals surface area contributed by atoms with Crippen molar-refractivity contribution in [2.75, 3.05) is 29.0 Å². The van der Waals surface area contributed by atoms with Crippen molar-refractivity contribution in [3.63, 3.8) is 0 Å². The third-order valence-corrected chi connectivity index (χ3v) is 2.74. The molecule has 3 N–H and O–H groups in total. The minimum Gasteiger partial charge on any atom is -0.397 e. The van der Waals surface area contributed by atoms with E-state index in [4.69, 9.17) is 5.73 Å². The number of hydrogen-bond acceptors (Lipinski definition) is 3. The van der Waals surface area contributed by atoms with Gasteiger partial charge in [0.05, 0.1) is 11.4 Å². The Morgan fingerprint density at radius 3 is 2.41 bits per heavy atom. The molecule has 0 atom stereocenters. The van der Waals surface area contributed by atoms with Crippen LogP contribution in [0.4, 0.5) is 17.1 Å². The molecule has 0 aliphatic rings. The van der Waals surface area contributed by atoms with Crippen LogP contribution in [0, 0.1) is 0 Å². The molecule has 1 rings (SSSR count). The van der Waals surface area contributed by atoms with Crippen LogP contribution in [0.5, 0.6) is 0 Å². The molecule has 0 unspecified atom stereocenters. The zero-order valence-electron chi connectivity index (χ0n) is 10.8. The number of carbonyl (C=O) groups excluding carboxylic acids is 1. The highest BCUT2D eigenvalue weighted by atomic mass is 16.1. The molecule has 1 aromatic rings. The van der Waals surface area contributed by atoms with Gasteiger partial charge >= 0.3 is 0 Å². The summed E-state index contributed by atoms with van der Waals surface area (Å²) in [7, 11) is 0. The quantitative estimate of drug-likeness (QED) is 0.771. The molecule has 0 heterocycles. The fourth-order valence-electron chi connectivity index (χ4n) is 1.73. The van der Waals surface area contributed by atoms with Gasteiger partial charge < -0.3 is 16.0 Å². The van der Waals surface area contributed by atoms with Crippen LogP contribution in [0.2, 0.25) is 0 Å². The van der Waals surface area contributed by atoms with Crippen molar-refractivity contribution < 1.29 is 4.79 Å². The van der Waals surface area contributed by atoms with Crippen LogP contribution < -0.4 is 16.0 Å². The summed E-state index contributed by atoms with van der Waals surface area (Å²) < 4.78 is 0. The van der Waals surface area contributed by atoms with E-state index in [0.717, 1.165) is 24.5 Å². The Hall–Kier alpha value is -1.71. The van der Waals surface area contributed by atoms with Crippen LogP contribution in [0.25, 0.3) is 0 Å². The second-order valence-electron chi connectivity index (χ2n) is 3.85. The van der Waals surface area contributed by atoms with Crippen molar-refractivity contribution in [2.24, 2.45) is 0 Å². The number of amides is 1. The number of benzene rings is 1. The molecule has 0 radical (unpaired) electrons. The van der Waals surface area contributed by atoms with Gasteiger partial charge in [-0.2, -0.15) is 0 Å². The molecular formula is C13H21N3O. The zero-order chi connectivity index (χ0) is 12.8. The van der Waals surface area contributed by atoms with Gasteiger partial charge in [-0.15, -0.1) is 0 Å². The lowest BCUT2D eigenvalue weighted by molar-refractivity contribution is -0.115. The smallest absolute Gasteiger partial charge is 0.224 e. The Bertz CT molecular complexity index is 386. The van der Waals surface area contributed by atoms with Gasteiger partial charge in [0.1, 0.15) is 0 Å². The van der Waals surface area contributed by atoms with Gasteiger partial charge in [-0.3, -0.25) is 4.79 Å². The minimum atomic E-state index is -0.0000100. The molecule has 0 saturated heterocycles. The summed E-state index contributed by atoms with van der Waals surface area (Å²) in [5.74, 6) is -0.0000100. The van der Waals surface area contributed by atoms with Crippen molar-refractivity contribution in [1.82, 2.24) is 0 Å². The van der Waals surface area contributed by atoms with E-state index >= 15 is 0 Å². The summed E-state index contributed by atoms with van der Waals surface area (Å²) >= 11 is 0. The van der Waals surface area contributed by atoms with Gasteiger partial charge in [0.25, 0.3) is 0 Å². The van der Waals surface area contributed by atoms with E-state index in [2.05, 4.69) is 24.1 Å². The van der Waals surface area contributed by atoms with Gasteiger partial charge in [0.2, 0.25) is 5.91 Å². The summed E-state index contributed by atoms with van der Waals surface area (Å²) in [6.07, 6.45) is 0.470. The number of anilines is 3. The average Bonchev–Trinajstić information content (AvgIpc) is 2.33. The van der Waals surface area contributed by atoms with Gasteiger partial charge in [-0.1, -0.05) is 6.92 Å². The standard InChI is InChI=1S/C13H21N3O/c1-4-13(17)15-10-7-8-12(11(14)9-10)16(5-2)6-3/h7-9H,4-6,14H2,1-3H3,(H,15,17). The molecule has 1 aromatic carbocycles. The highest BCUT2D eigenvalue weighted by Gasteiger charge is 2.07. The number of nitrogens with two attached hydrogens (primary N) is 1. The average molecular weight is 235 g/mol. The first-order valence-electron chi connectivity index (χ1n) is 6.06. The molecule has 1 amide bonds. The predicted molar refractivity (Wildman–Crippen MR) is 73.3 cm³/mol. The van der Waals surface area contributed by atoms with Crippen LogP contribution in [0.3, 0.4) is 0 Å². The Labute approximate surface area is 103 Å². The Kier molecular flexibility index (Phi) is 4.82. The minimum absolute atomic E-state index is 0.0000100. The number of carbonyl (C=O) groups is 1. The monoisotopic (exact) mass is 235 g/mol. The summed E-state index contributed by atoms with van der Waals surface area (Å²) in [6, 6.07) is 5.65. The number of nitrogen functional groups attached to an aromatic ring is 1. The number of nitrogens with zero attached hydrogens (tertiary/aromatic N) is 1. The molecule has 4 nitrogen and oxygen atoms in total. The van der Waals surface area contributed by atoms with Crippen molar-refractivity contribution in [3.8, 4) is 0 Å². The molecule has 17 heavy (non-hydrogen) atoms. The maximum absolute atomic E-state index is 11.3.